The van der Waals surface area contributed by atoms with Crippen LogP contribution in [0.15, 0.2) is 24.3 Å². The fourth-order valence-electron chi connectivity index (χ4n) is 2.40. The van der Waals surface area contributed by atoms with Crippen LogP contribution in [0.4, 0.5) is 0 Å². The molecule has 110 valence electrons. The summed E-state index contributed by atoms with van der Waals surface area (Å²) in [5.41, 5.74) is 0. The fraction of sp³-hybridized carbons (Fsp3) is 0.533. The number of nitrogens with one attached hydrogen (secondary N) is 1. The minimum atomic E-state index is -0.513. The summed E-state index contributed by atoms with van der Waals surface area (Å²) in [4.78, 5) is 14.4. The molecule has 1 amide bonds. The Morgan fingerprint density at radius 2 is 2.25 bits per heavy atom. The Balaban J connectivity index is 2.01. The molecule has 2 rings (SSSR count). The van der Waals surface area contributed by atoms with Gasteiger partial charge in [0.25, 0.3) is 5.91 Å². The molecule has 0 radical (unpaired) electrons. The molecule has 1 aliphatic heterocycles. The Morgan fingerprint density at radius 1 is 1.50 bits per heavy atom. The first-order chi connectivity index (χ1) is 9.49. The van der Waals surface area contributed by atoms with Crippen molar-refractivity contribution in [2.24, 2.45) is 0 Å². The third-order valence-electron chi connectivity index (χ3n) is 3.77. The maximum Gasteiger partial charge on any atom is 0.263 e. The maximum absolute atomic E-state index is 12.5. The number of amides is 1. The van der Waals surface area contributed by atoms with Crippen LogP contribution >= 0.6 is 11.6 Å². The standard InChI is InChI=1S/C15H21ClN2O2/c1-10-11(2)18(8-7-17-10)15(19)12(3)20-14-6-4-5-13(16)9-14/h4-6,9-12,17H,7-8H2,1-3H3. The van der Waals surface area contributed by atoms with Crippen LogP contribution in [0.1, 0.15) is 20.8 Å². The lowest BCUT2D eigenvalue weighted by atomic mass is 10.1. The zero-order chi connectivity index (χ0) is 14.7. The highest BCUT2D eigenvalue weighted by molar-refractivity contribution is 6.30. The zero-order valence-corrected chi connectivity index (χ0v) is 12.9. The quantitative estimate of drug-likeness (QED) is 0.931. The van der Waals surface area contributed by atoms with Crippen molar-refractivity contribution in [2.75, 3.05) is 13.1 Å². The predicted molar refractivity (Wildman–Crippen MR) is 80.2 cm³/mol. The molecule has 0 spiro atoms. The smallest absolute Gasteiger partial charge is 0.263 e. The Kier molecular flexibility index (Phi) is 4.89. The van der Waals surface area contributed by atoms with Gasteiger partial charge in [-0.2, -0.15) is 0 Å². The van der Waals surface area contributed by atoms with E-state index in [0.717, 1.165) is 6.54 Å². The van der Waals surface area contributed by atoms with Gasteiger partial charge < -0.3 is 15.0 Å². The van der Waals surface area contributed by atoms with E-state index in [1.54, 1.807) is 25.1 Å². The van der Waals surface area contributed by atoms with Gasteiger partial charge in [0.05, 0.1) is 0 Å². The molecule has 1 aromatic carbocycles. The number of benzene rings is 1. The Morgan fingerprint density at radius 3 is 2.95 bits per heavy atom. The molecular weight excluding hydrogens is 276 g/mol. The number of carbonyl (C=O) groups is 1. The Bertz CT molecular complexity index is 481. The number of ether oxygens (including phenoxy) is 1. The van der Waals surface area contributed by atoms with Gasteiger partial charge in [0.15, 0.2) is 6.10 Å². The van der Waals surface area contributed by atoms with E-state index < -0.39 is 6.10 Å². The van der Waals surface area contributed by atoms with E-state index in [1.807, 2.05) is 11.0 Å². The van der Waals surface area contributed by atoms with Crippen molar-refractivity contribution in [3.05, 3.63) is 29.3 Å². The lowest BCUT2D eigenvalue weighted by Gasteiger charge is -2.39. The van der Waals surface area contributed by atoms with E-state index in [2.05, 4.69) is 19.2 Å². The maximum atomic E-state index is 12.5. The molecule has 5 heteroatoms. The van der Waals surface area contributed by atoms with E-state index in [0.29, 0.717) is 23.4 Å². The second-order valence-electron chi connectivity index (χ2n) is 5.23. The molecule has 1 aliphatic rings. The molecule has 1 heterocycles. The molecule has 20 heavy (non-hydrogen) atoms. The topological polar surface area (TPSA) is 41.6 Å². The summed E-state index contributed by atoms with van der Waals surface area (Å²) in [6.07, 6.45) is -0.513. The molecule has 3 unspecified atom stereocenters. The van der Waals surface area contributed by atoms with Crippen molar-refractivity contribution >= 4 is 17.5 Å². The summed E-state index contributed by atoms with van der Waals surface area (Å²) in [6.45, 7) is 7.46. The van der Waals surface area contributed by atoms with Crippen LogP contribution in [-0.2, 0) is 4.79 Å². The van der Waals surface area contributed by atoms with Crippen LogP contribution in [-0.4, -0.2) is 42.1 Å². The van der Waals surface area contributed by atoms with Crippen LogP contribution in [0.5, 0.6) is 5.75 Å². The molecule has 1 aromatic rings. The Labute approximate surface area is 125 Å². The normalized spacial score (nSPS) is 24.3. The summed E-state index contributed by atoms with van der Waals surface area (Å²) < 4.78 is 5.70. The van der Waals surface area contributed by atoms with E-state index >= 15 is 0 Å². The lowest BCUT2D eigenvalue weighted by Crippen LogP contribution is -2.59. The van der Waals surface area contributed by atoms with E-state index in [9.17, 15) is 4.79 Å². The minimum absolute atomic E-state index is 0.0193. The van der Waals surface area contributed by atoms with Crippen LogP contribution < -0.4 is 10.1 Å². The molecule has 4 nitrogen and oxygen atoms in total. The van der Waals surface area contributed by atoms with Gasteiger partial charge in [0.1, 0.15) is 5.75 Å². The molecule has 1 fully saturated rings. The highest BCUT2D eigenvalue weighted by Crippen LogP contribution is 2.19. The minimum Gasteiger partial charge on any atom is -0.481 e. The SMILES string of the molecule is CC(Oc1cccc(Cl)c1)C(=O)N1CCNC(C)C1C. The van der Waals surface area contributed by atoms with E-state index in [-0.39, 0.29) is 11.9 Å². The van der Waals surface area contributed by atoms with E-state index in [4.69, 9.17) is 16.3 Å². The van der Waals surface area contributed by atoms with Gasteiger partial charge >= 0.3 is 0 Å². The summed E-state index contributed by atoms with van der Waals surface area (Å²) >= 11 is 5.92. The molecule has 0 aromatic heterocycles. The monoisotopic (exact) mass is 296 g/mol. The molecule has 0 saturated carbocycles. The zero-order valence-electron chi connectivity index (χ0n) is 12.1. The molecule has 1 N–H and O–H groups in total. The van der Waals surface area contributed by atoms with Gasteiger partial charge in [-0.25, -0.2) is 0 Å². The van der Waals surface area contributed by atoms with Crippen molar-refractivity contribution in [3.63, 3.8) is 0 Å². The number of piperazine rings is 1. The third kappa shape index (κ3) is 3.44. The first kappa shape index (κ1) is 15.1. The van der Waals surface area contributed by atoms with Gasteiger partial charge in [-0.1, -0.05) is 17.7 Å². The lowest BCUT2D eigenvalue weighted by molar-refractivity contribution is -0.141. The number of nitrogens with zero attached hydrogens (tertiary/aromatic N) is 1. The second kappa shape index (κ2) is 6.46. The largest absolute Gasteiger partial charge is 0.481 e. The number of halogens is 1. The third-order valence-corrected chi connectivity index (χ3v) is 4.01. The second-order valence-corrected chi connectivity index (χ2v) is 5.67. The summed E-state index contributed by atoms with van der Waals surface area (Å²) in [5, 5.41) is 3.96. The van der Waals surface area contributed by atoms with Crippen LogP contribution in [0.3, 0.4) is 0 Å². The van der Waals surface area contributed by atoms with Gasteiger partial charge in [-0.3, -0.25) is 4.79 Å². The average Bonchev–Trinajstić information content (AvgIpc) is 2.41. The fourth-order valence-corrected chi connectivity index (χ4v) is 2.58. The average molecular weight is 297 g/mol. The highest BCUT2D eigenvalue weighted by atomic mass is 35.5. The Hall–Kier alpha value is -1.26. The van der Waals surface area contributed by atoms with Crippen molar-refractivity contribution < 1.29 is 9.53 Å². The molecule has 0 aliphatic carbocycles. The van der Waals surface area contributed by atoms with Crippen molar-refractivity contribution in [1.82, 2.24) is 10.2 Å². The van der Waals surface area contributed by atoms with Crippen molar-refractivity contribution in [3.8, 4) is 5.75 Å². The van der Waals surface area contributed by atoms with Crippen LogP contribution in [0.2, 0.25) is 5.02 Å². The first-order valence-corrected chi connectivity index (χ1v) is 7.33. The van der Waals surface area contributed by atoms with Crippen molar-refractivity contribution in [2.45, 2.75) is 39.0 Å². The van der Waals surface area contributed by atoms with Crippen LogP contribution in [0.25, 0.3) is 0 Å². The first-order valence-electron chi connectivity index (χ1n) is 6.95. The summed E-state index contributed by atoms with van der Waals surface area (Å²) in [7, 11) is 0. The van der Waals surface area contributed by atoms with Gasteiger partial charge in [0.2, 0.25) is 0 Å². The molecular formula is C15H21ClN2O2. The summed E-state index contributed by atoms with van der Waals surface area (Å²) in [5.74, 6) is 0.639. The van der Waals surface area contributed by atoms with Gasteiger partial charge in [-0.15, -0.1) is 0 Å². The number of carbonyl (C=O) groups excluding carboxylic acids is 1. The van der Waals surface area contributed by atoms with Crippen molar-refractivity contribution in [1.29, 1.82) is 0 Å². The number of hydrogen-bond donors (Lipinski definition) is 1. The van der Waals surface area contributed by atoms with Gasteiger partial charge in [0, 0.05) is 30.2 Å². The molecule has 3 atom stereocenters. The summed E-state index contributed by atoms with van der Waals surface area (Å²) in [6, 6.07) is 7.58. The van der Waals surface area contributed by atoms with Crippen LogP contribution in [0, 0.1) is 0 Å². The highest BCUT2D eigenvalue weighted by Gasteiger charge is 2.31. The predicted octanol–water partition coefficient (Wildman–Crippen LogP) is 2.32. The molecule has 1 saturated heterocycles. The molecule has 0 bridgehead atoms. The number of rotatable bonds is 3. The van der Waals surface area contributed by atoms with Gasteiger partial charge in [-0.05, 0) is 39.0 Å². The number of hydrogen-bond acceptors (Lipinski definition) is 3. The van der Waals surface area contributed by atoms with E-state index in [1.165, 1.54) is 0 Å².